The minimum absolute atomic E-state index is 0.296. The predicted molar refractivity (Wildman–Crippen MR) is 75.2 cm³/mol. The normalized spacial score (nSPS) is 11.1. The van der Waals surface area contributed by atoms with Crippen molar-refractivity contribution >= 4 is 16.7 Å². The van der Waals surface area contributed by atoms with Crippen molar-refractivity contribution in [2.24, 2.45) is 0 Å². The first-order valence-electron chi connectivity index (χ1n) is 6.21. The van der Waals surface area contributed by atoms with Crippen LogP contribution in [0.5, 0.6) is 0 Å². The zero-order valence-corrected chi connectivity index (χ0v) is 10.6. The Balaban J connectivity index is 2.32. The van der Waals surface area contributed by atoms with Gasteiger partial charge < -0.3 is 10.3 Å². The number of hydrogen-bond acceptors (Lipinski definition) is 2. The highest BCUT2D eigenvalue weighted by Crippen LogP contribution is 2.27. The van der Waals surface area contributed by atoms with Crippen LogP contribution in [0.4, 0.5) is 10.1 Å². The van der Waals surface area contributed by atoms with Gasteiger partial charge in [0.1, 0.15) is 11.3 Å². The Kier molecular flexibility index (Phi) is 2.71. The highest BCUT2D eigenvalue weighted by molar-refractivity contribution is 5.81. The largest absolute Gasteiger partial charge is 0.399 e. The van der Waals surface area contributed by atoms with E-state index in [-0.39, 0.29) is 5.82 Å². The zero-order chi connectivity index (χ0) is 13.4. The second kappa shape index (κ2) is 4.39. The molecular formula is C15H14FN3. The number of nitrogens with two attached hydrogens (primary N) is 1. The molecule has 0 aliphatic rings. The molecule has 96 valence electrons. The van der Waals surface area contributed by atoms with Gasteiger partial charge in [0.25, 0.3) is 0 Å². The Bertz CT molecular complexity index is 746. The fraction of sp³-hybridized carbons (Fsp3) is 0.133. The third-order valence-electron chi connectivity index (χ3n) is 3.19. The lowest BCUT2D eigenvalue weighted by Crippen LogP contribution is -1.97. The van der Waals surface area contributed by atoms with E-state index in [9.17, 15) is 4.39 Å². The van der Waals surface area contributed by atoms with E-state index in [1.807, 2.05) is 41.8 Å². The Hall–Kier alpha value is -2.36. The Morgan fingerprint density at radius 3 is 2.74 bits per heavy atom. The summed E-state index contributed by atoms with van der Waals surface area (Å²) in [7, 11) is 0. The van der Waals surface area contributed by atoms with Crippen molar-refractivity contribution in [3.8, 4) is 11.4 Å². The number of nitrogens with zero attached hydrogens (tertiary/aromatic N) is 2. The van der Waals surface area contributed by atoms with Crippen LogP contribution in [0.3, 0.4) is 0 Å². The molecule has 0 bridgehead atoms. The molecule has 0 aliphatic carbocycles. The fourth-order valence-electron chi connectivity index (χ4n) is 2.33. The third-order valence-corrected chi connectivity index (χ3v) is 3.19. The number of anilines is 1. The van der Waals surface area contributed by atoms with Gasteiger partial charge in [0.2, 0.25) is 0 Å². The van der Waals surface area contributed by atoms with Crippen LogP contribution in [0.2, 0.25) is 0 Å². The number of aryl methyl sites for hydroxylation is 1. The molecule has 4 heteroatoms. The van der Waals surface area contributed by atoms with E-state index in [0.29, 0.717) is 11.2 Å². The SMILES string of the molecule is CCn1c(-c2cccc(N)c2)nc2c(F)cccc21. The molecule has 0 unspecified atom stereocenters. The molecule has 3 nitrogen and oxygen atoms in total. The Morgan fingerprint density at radius 1 is 1.21 bits per heavy atom. The average molecular weight is 255 g/mol. The molecule has 0 saturated heterocycles. The number of benzene rings is 2. The van der Waals surface area contributed by atoms with Crippen LogP contribution in [-0.4, -0.2) is 9.55 Å². The molecule has 0 saturated carbocycles. The van der Waals surface area contributed by atoms with Gasteiger partial charge in [-0.15, -0.1) is 0 Å². The molecule has 0 aliphatic heterocycles. The summed E-state index contributed by atoms with van der Waals surface area (Å²) in [5.41, 5.74) is 8.58. The van der Waals surface area contributed by atoms with Crippen molar-refractivity contribution in [2.45, 2.75) is 13.5 Å². The van der Waals surface area contributed by atoms with Crippen LogP contribution in [0.25, 0.3) is 22.4 Å². The van der Waals surface area contributed by atoms with Crippen LogP contribution in [-0.2, 0) is 6.54 Å². The molecular weight excluding hydrogens is 241 g/mol. The van der Waals surface area contributed by atoms with Crippen molar-refractivity contribution < 1.29 is 4.39 Å². The van der Waals surface area contributed by atoms with Gasteiger partial charge in [-0.25, -0.2) is 9.37 Å². The van der Waals surface area contributed by atoms with Gasteiger partial charge in [0.15, 0.2) is 5.82 Å². The summed E-state index contributed by atoms with van der Waals surface area (Å²) in [6.45, 7) is 2.74. The maximum absolute atomic E-state index is 13.8. The van der Waals surface area contributed by atoms with Gasteiger partial charge in [-0.05, 0) is 31.2 Å². The minimum atomic E-state index is -0.296. The number of halogens is 1. The van der Waals surface area contributed by atoms with Gasteiger partial charge in [0, 0.05) is 17.8 Å². The van der Waals surface area contributed by atoms with Crippen molar-refractivity contribution in [1.82, 2.24) is 9.55 Å². The molecule has 0 spiro atoms. The van der Waals surface area contributed by atoms with E-state index >= 15 is 0 Å². The molecule has 0 amide bonds. The predicted octanol–water partition coefficient (Wildman–Crippen LogP) is 3.44. The van der Waals surface area contributed by atoms with E-state index in [1.54, 1.807) is 6.07 Å². The fourth-order valence-corrected chi connectivity index (χ4v) is 2.33. The summed E-state index contributed by atoms with van der Waals surface area (Å²) in [4.78, 5) is 4.43. The quantitative estimate of drug-likeness (QED) is 0.713. The average Bonchev–Trinajstić information content (AvgIpc) is 2.79. The lowest BCUT2D eigenvalue weighted by Gasteiger charge is -2.06. The Morgan fingerprint density at radius 2 is 2.00 bits per heavy atom. The summed E-state index contributed by atoms with van der Waals surface area (Å²) in [5, 5.41) is 0. The smallest absolute Gasteiger partial charge is 0.151 e. The standard InChI is InChI=1S/C15H14FN3/c1-2-19-13-8-4-7-12(16)14(13)18-15(19)10-5-3-6-11(17)9-10/h3-9H,2,17H2,1H3. The minimum Gasteiger partial charge on any atom is -0.399 e. The number of para-hydroxylation sites is 1. The first-order valence-corrected chi connectivity index (χ1v) is 6.21. The second-order valence-electron chi connectivity index (χ2n) is 4.41. The van der Waals surface area contributed by atoms with E-state index < -0.39 is 0 Å². The van der Waals surface area contributed by atoms with Gasteiger partial charge in [-0.1, -0.05) is 18.2 Å². The highest BCUT2D eigenvalue weighted by atomic mass is 19.1. The molecule has 1 heterocycles. The topological polar surface area (TPSA) is 43.8 Å². The first-order chi connectivity index (χ1) is 9.20. The van der Waals surface area contributed by atoms with Crippen molar-refractivity contribution in [1.29, 1.82) is 0 Å². The van der Waals surface area contributed by atoms with Crippen LogP contribution in [0.15, 0.2) is 42.5 Å². The van der Waals surface area contributed by atoms with Crippen LogP contribution >= 0.6 is 0 Å². The van der Waals surface area contributed by atoms with Gasteiger partial charge >= 0.3 is 0 Å². The molecule has 3 aromatic rings. The summed E-state index contributed by atoms with van der Waals surface area (Å²) < 4.78 is 15.8. The number of hydrogen-bond donors (Lipinski definition) is 1. The zero-order valence-electron chi connectivity index (χ0n) is 10.6. The van der Waals surface area contributed by atoms with Crippen molar-refractivity contribution in [2.75, 3.05) is 5.73 Å². The maximum Gasteiger partial charge on any atom is 0.151 e. The summed E-state index contributed by atoms with van der Waals surface area (Å²) >= 11 is 0. The number of fused-ring (bicyclic) bond motifs is 1. The van der Waals surface area contributed by atoms with Crippen molar-refractivity contribution in [3.63, 3.8) is 0 Å². The second-order valence-corrected chi connectivity index (χ2v) is 4.41. The number of nitrogen functional groups attached to an aromatic ring is 1. The van der Waals surface area contributed by atoms with Crippen LogP contribution in [0.1, 0.15) is 6.92 Å². The number of rotatable bonds is 2. The lowest BCUT2D eigenvalue weighted by atomic mass is 10.2. The monoisotopic (exact) mass is 255 g/mol. The molecule has 1 aromatic heterocycles. The van der Waals surface area contributed by atoms with Gasteiger partial charge in [-0.2, -0.15) is 0 Å². The molecule has 2 aromatic carbocycles. The maximum atomic E-state index is 13.8. The van der Waals surface area contributed by atoms with E-state index in [1.165, 1.54) is 6.07 Å². The van der Waals surface area contributed by atoms with Gasteiger partial charge in [0.05, 0.1) is 5.52 Å². The highest BCUT2D eigenvalue weighted by Gasteiger charge is 2.13. The molecule has 0 atom stereocenters. The Labute approximate surface area is 110 Å². The summed E-state index contributed by atoms with van der Waals surface area (Å²) in [5.74, 6) is 0.449. The molecule has 0 fully saturated rings. The number of imidazole rings is 1. The van der Waals surface area contributed by atoms with E-state index in [0.717, 1.165) is 23.4 Å². The summed E-state index contributed by atoms with van der Waals surface area (Å²) in [6, 6.07) is 12.5. The van der Waals surface area contributed by atoms with Crippen LogP contribution < -0.4 is 5.73 Å². The van der Waals surface area contributed by atoms with Crippen LogP contribution in [0, 0.1) is 5.82 Å². The van der Waals surface area contributed by atoms with Gasteiger partial charge in [-0.3, -0.25) is 0 Å². The summed E-state index contributed by atoms with van der Waals surface area (Å²) in [6.07, 6.45) is 0. The molecule has 0 radical (unpaired) electrons. The van der Waals surface area contributed by atoms with Crippen molar-refractivity contribution in [3.05, 3.63) is 48.3 Å². The lowest BCUT2D eigenvalue weighted by molar-refractivity contribution is 0.637. The van der Waals surface area contributed by atoms with E-state index in [4.69, 9.17) is 5.73 Å². The van der Waals surface area contributed by atoms with E-state index in [2.05, 4.69) is 4.98 Å². The number of aromatic nitrogens is 2. The third kappa shape index (κ3) is 1.85. The molecule has 19 heavy (non-hydrogen) atoms. The molecule has 2 N–H and O–H groups in total. The first kappa shape index (κ1) is 11.7. The molecule has 3 rings (SSSR count).